The van der Waals surface area contributed by atoms with E-state index in [1.54, 1.807) is 13.8 Å². The summed E-state index contributed by atoms with van der Waals surface area (Å²) in [5.74, 6) is -0.849. The number of epoxide rings is 1. The Morgan fingerprint density at radius 1 is 1.19 bits per heavy atom. The summed E-state index contributed by atoms with van der Waals surface area (Å²) in [6.45, 7) is 7.56. The van der Waals surface area contributed by atoms with Crippen molar-refractivity contribution in [3.05, 3.63) is 17.5 Å². The van der Waals surface area contributed by atoms with Crippen LogP contribution in [0.25, 0.3) is 0 Å². The zero-order chi connectivity index (χ0) is 23.2. The van der Waals surface area contributed by atoms with Gasteiger partial charge in [0.15, 0.2) is 17.3 Å². The van der Waals surface area contributed by atoms with Gasteiger partial charge in [-0.05, 0) is 26.2 Å². The van der Waals surface area contributed by atoms with Gasteiger partial charge in [-0.15, -0.1) is 0 Å². The Labute approximate surface area is 181 Å². The number of hydrogen-bond donors (Lipinski definition) is 2. The smallest absolute Gasteiger partial charge is 0.274 e. The van der Waals surface area contributed by atoms with Gasteiger partial charge in [0.1, 0.15) is 17.4 Å². The van der Waals surface area contributed by atoms with Crippen molar-refractivity contribution in [1.29, 1.82) is 0 Å². The third-order valence-corrected chi connectivity index (χ3v) is 4.94. The van der Waals surface area contributed by atoms with Crippen LogP contribution in [0.2, 0.25) is 0 Å². The Kier molecular flexibility index (Phi) is 8.46. The van der Waals surface area contributed by atoms with Gasteiger partial charge in [-0.1, -0.05) is 19.0 Å². The van der Waals surface area contributed by atoms with E-state index in [9.17, 15) is 19.2 Å². The Morgan fingerprint density at radius 3 is 2.39 bits per heavy atom. The highest BCUT2D eigenvalue weighted by molar-refractivity contribution is 5.98. The van der Waals surface area contributed by atoms with E-state index in [0.717, 1.165) is 0 Å². The number of nitrogens with one attached hydrogen (secondary N) is 2. The first-order valence-electron chi connectivity index (χ1n) is 10.3. The van der Waals surface area contributed by atoms with Crippen molar-refractivity contribution in [3.8, 4) is 0 Å². The van der Waals surface area contributed by atoms with Crippen molar-refractivity contribution in [3.63, 3.8) is 0 Å². The van der Waals surface area contributed by atoms with Gasteiger partial charge in [0.2, 0.25) is 5.91 Å². The third kappa shape index (κ3) is 7.25. The number of amides is 2. The van der Waals surface area contributed by atoms with Crippen LogP contribution in [0.5, 0.6) is 0 Å². The molecule has 1 saturated heterocycles. The zero-order valence-electron chi connectivity index (χ0n) is 18.6. The van der Waals surface area contributed by atoms with Crippen molar-refractivity contribution < 1.29 is 33.2 Å². The van der Waals surface area contributed by atoms with E-state index in [1.807, 2.05) is 13.8 Å². The molecule has 0 saturated carbocycles. The highest BCUT2D eigenvalue weighted by atomic mass is 16.6. The maximum absolute atomic E-state index is 12.6. The first-order valence-corrected chi connectivity index (χ1v) is 10.3. The first-order chi connectivity index (χ1) is 14.6. The predicted molar refractivity (Wildman–Crippen MR) is 109 cm³/mol. The number of rotatable bonds is 13. The number of hydrogen-bond acceptors (Lipinski definition) is 8. The number of carbonyl (C=O) groups is 4. The Balaban J connectivity index is 1.90. The molecule has 1 aromatic heterocycles. The molecule has 31 heavy (non-hydrogen) atoms. The summed E-state index contributed by atoms with van der Waals surface area (Å²) in [6, 6.07) is -0.151. The average molecular weight is 437 g/mol. The van der Waals surface area contributed by atoms with Crippen LogP contribution in [-0.4, -0.2) is 66.5 Å². The fraction of sp³-hybridized carbons (Fsp3) is 0.667. The van der Waals surface area contributed by atoms with Gasteiger partial charge < -0.3 is 24.6 Å². The average Bonchev–Trinajstić information content (AvgIpc) is 3.30. The monoisotopic (exact) mass is 437 g/mol. The minimum Gasteiger partial charge on any atom is -0.382 e. The van der Waals surface area contributed by atoms with Gasteiger partial charge in [0, 0.05) is 26.0 Å². The van der Waals surface area contributed by atoms with Crippen LogP contribution in [0.1, 0.15) is 56.3 Å². The van der Waals surface area contributed by atoms with Gasteiger partial charge >= 0.3 is 0 Å². The van der Waals surface area contributed by atoms with Crippen LogP contribution in [0.3, 0.4) is 0 Å². The van der Waals surface area contributed by atoms with E-state index in [0.29, 0.717) is 18.8 Å². The van der Waals surface area contributed by atoms with E-state index in [2.05, 4.69) is 15.8 Å². The molecule has 0 unspecified atom stereocenters. The largest absolute Gasteiger partial charge is 0.382 e. The van der Waals surface area contributed by atoms with Crippen LogP contribution in [-0.2, 0) is 23.9 Å². The second kappa shape index (κ2) is 10.6. The van der Waals surface area contributed by atoms with Crippen LogP contribution in [0, 0.1) is 12.8 Å². The van der Waals surface area contributed by atoms with E-state index in [1.165, 1.54) is 13.2 Å². The van der Waals surface area contributed by atoms with E-state index >= 15 is 0 Å². The maximum atomic E-state index is 12.6. The molecule has 0 spiro atoms. The number of carbonyl (C=O) groups excluding carboxylic acids is 4. The van der Waals surface area contributed by atoms with Gasteiger partial charge in [0.05, 0.1) is 19.3 Å². The van der Waals surface area contributed by atoms with Crippen LogP contribution >= 0.6 is 0 Å². The summed E-state index contributed by atoms with van der Waals surface area (Å²) in [4.78, 5) is 49.8. The van der Waals surface area contributed by atoms with Crippen molar-refractivity contribution in [2.45, 2.75) is 64.6 Å². The molecular weight excluding hydrogens is 406 g/mol. The topological polar surface area (TPSA) is 140 Å². The summed E-state index contributed by atoms with van der Waals surface area (Å²) in [5.41, 5.74) is -0.786. The van der Waals surface area contributed by atoms with Crippen molar-refractivity contribution in [2.24, 2.45) is 5.92 Å². The quantitative estimate of drug-likeness (QED) is 0.435. The SMILES string of the molecule is COC[C@H](NC(=O)c1cc(C)on1)C(=O)CCC(=O)N[C@@H](CC(C)C)C(=O)[C@@]1(C)CO1. The van der Waals surface area contributed by atoms with Gasteiger partial charge in [-0.3, -0.25) is 19.2 Å². The van der Waals surface area contributed by atoms with Crippen LogP contribution in [0.15, 0.2) is 10.6 Å². The third-order valence-electron chi connectivity index (χ3n) is 4.94. The summed E-state index contributed by atoms with van der Waals surface area (Å²) in [6.07, 6.45) is 0.253. The lowest BCUT2D eigenvalue weighted by Gasteiger charge is -2.21. The van der Waals surface area contributed by atoms with E-state index in [-0.39, 0.29) is 42.6 Å². The summed E-state index contributed by atoms with van der Waals surface area (Å²) in [5, 5.41) is 8.89. The van der Waals surface area contributed by atoms with Crippen molar-refractivity contribution >= 4 is 23.4 Å². The minimum atomic E-state index is -0.936. The van der Waals surface area contributed by atoms with Crippen molar-refractivity contribution in [1.82, 2.24) is 15.8 Å². The number of Topliss-reactive ketones (excluding diaryl/α,β-unsaturated/α-hetero) is 2. The molecule has 0 bridgehead atoms. The zero-order valence-corrected chi connectivity index (χ0v) is 18.6. The molecule has 1 aromatic rings. The highest BCUT2D eigenvalue weighted by Gasteiger charge is 2.50. The second-order valence-electron chi connectivity index (χ2n) is 8.40. The molecule has 172 valence electrons. The van der Waals surface area contributed by atoms with E-state index < -0.39 is 29.5 Å². The Morgan fingerprint density at radius 2 is 1.87 bits per heavy atom. The standard InChI is InChI=1S/C21H31N3O7/c1-12(2)8-14(19(27)21(4)11-30-21)22-18(26)7-6-17(25)16(10-29-5)23-20(28)15-9-13(3)31-24-15/h9,12,14,16H,6-8,10-11H2,1-5H3,(H,22,26)(H,23,28)/t14-,16-,21+/m0/s1. The number of methoxy groups -OCH3 is 1. The lowest BCUT2D eigenvalue weighted by molar-refractivity contribution is -0.131. The Hall–Kier alpha value is -2.59. The molecular formula is C21H31N3O7. The van der Waals surface area contributed by atoms with Crippen molar-refractivity contribution in [2.75, 3.05) is 20.3 Å². The molecule has 1 aliphatic rings. The lowest BCUT2D eigenvalue weighted by atomic mass is 9.93. The molecule has 2 amide bonds. The number of ketones is 2. The fourth-order valence-corrected chi connectivity index (χ4v) is 3.09. The van der Waals surface area contributed by atoms with Crippen LogP contribution < -0.4 is 10.6 Å². The van der Waals surface area contributed by atoms with Gasteiger partial charge in [-0.25, -0.2) is 0 Å². The molecule has 2 N–H and O–H groups in total. The predicted octanol–water partition coefficient (Wildman–Crippen LogP) is 0.966. The van der Waals surface area contributed by atoms with E-state index in [4.69, 9.17) is 14.0 Å². The molecule has 1 fully saturated rings. The molecule has 2 heterocycles. The molecule has 3 atom stereocenters. The highest BCUT2D eigenvalue weighted by Crippen LogP contribution is 2.29. The normalized spacial score (nSPS) is 19.5. The summed E-state index contributed by atoms with van der Waals surface area (Å²) in [7, 11) is 1.40. The molecule has 1 aliphatic heterocycles. The Bertz CT molecular complexity index is 814. The minimum absolute atomic E-state index is 0.0484. The molecule has 10 heteroatoms. The molecule has 0 radical (unpaired) electrons. The maximum Gasteiger partial charge on any atom is 0.274 e. The van der Waals surface area contributed by atoms with Gasteiger partial charge in [0.25, 0.3) is 5.91 Å². The second-order valence-corrected chi connectivity index (χ2v) is 8.40. The molecule has 2 rings (SSSR count). The molecule has 0 aromatic carbocycles. The van der Waals surface area contributed by atoms with Gasteiger partial charge in [-0.2, -0.15) is 0 Å². The molecule has 0 aliphatic carbocycles. The lowest BCUT2D eigenvalue weighted by Crippen LogP contribution is -2.47. The first kappa shape index (κ1) is 24.7. The number of aryl methyl sites for hydroxylation is 1. The summed E-state index contributed by atoms with van der Waals surface area (Å²) >= 11 is 0. The van der Waals surface area contributed by atoms with Crippen LogP contribution in [0.4, 0.5) is 0 Å². The number of ether oxygens (including phenoxy) is 2. The molecule has 10 nitrogen and oxygen atoms in total. The fourth-order valence-electron chi connectivity index (χ4n) is 3.09. The number of nitrogens with zero attached hydrogens (tertiary/aromatic N) is 1. The number of aromatic nitrogens is 1. The summed E-state index contributed by atoms with van der Waals surface area (Å²) < 4.78 is 15.1.